The second kappa shape index (κ2) is 6.03. The van der Waals surface area contributed by atoms with Gasteiger partial charge in [-0.15, -0.1) is 0 Å². The Bertz CT molecular complexity index is 510. The lowest BCUT2D eigenvalue weighted by Gasteiger charge is -2.07. The van der Waals surface area contributed by atoms with Crippen LogP contribution in [0.2, 0.25) is 0 Å². The van der Waals surface area contributed by atoms with Gasteiger partial charge < -0.3 is 5.11 Å². The number of rotatable bonds is 7. The van der Waals surface area contributed by atoms with Crippen molar-refractivity contribution in [2.45, 2.75) is 43.5 Å². The first kappa shape index (κ1) is 14.5. The number of aliphatic hydroxyl groups excluding tert-OH is 1. The fraction of sp³-hybridized carbons (Fsp3) is 0.571. The van der Waals surface area contributed by atoms with E-state index in [1.165, 1.54) is 0 Å². The van der Waals surface area contributed by atoms with E-state index < -0.39 is 10.0 Å². The van der Waals surface area contributed by atoms with Gasteiger partial charge in [-0.1, -0.05) is 25.5 Å². The van der Waals surface area contributed by atoms with Gasteiger partial charge in [-0.05, 0) is 42.9 Å². The van der Waals surface area contributed by atoms with Crippen LogP contribution < -0.4 is 4.72 Å². The minimum Gasteiger partial charge on any atom is -0.396 e. The van der Waals surface area contributed by atoms with Crippen molar-refractivity contribution in [3.8, 4) is 0 Å². The molecule has 1 aromatic carbocycles. The molecule has 2 rings (SSSR count). The highest BCUT2D eigenvalue weighted by molar-refractivity contribution is 7.89. The molecule has 0 bridgehead atoms. The number of sulfonamides is 1. The zero-order valence-corrected chi connectivity index (χ0v) is 12.0. The molecule has 0 aromatic heterocycles. The molecule has 0 spiro atoms. The van der Waals surface area contributed by atoms with E-state index in [0.29, 0.717) is 17.2 Å². The van der Waals surface area contributed by atoms with Crippen LogP contribution in [0.4, 0.5) is 0 Å². The third-order valence-electron chi connectivity index (χ3n) is 3.61. The molecular formula is C14H21NO3S. The highest BCUT2D eigenvalue weighted by Gasteiger charge is 2.38. The molecule has 19 heavy (non-hydrogen) atoms. The van der Waals surface area contributed by atoms with Crippen LogP contribution >= 0.6 is 0 Å². The number of nitrogens with one attached hydrogen (secondary N) is 1. The number of hydrogen-bond donors (Lipinski definition) is 2. The Morgan fingerprint density at radius 2 is 2.00 bits per heavy atom. The lowest BCUT2D eigenvalue weighted by molar-refractivity contribution is 0.288. The largest absolute Gasteiger partial charge is 0.396 e. The molecule has 1 aromatic rings. The van der Waals surface area contributed by atoms with Crippen molar-refractivity contribution in [1.82, 2.24) is 4.72 Å². The van der Waals surface area contributed by atoms with Crippen LogP contribution in [0.25, 0.3) is 0 Å². The number of hydrogen-bond acceptors (Lipinski definition) is 3. The zero-order chi connectivity index (χ0) is 13.9. The molecule has 2 atom stereocenters. The lowest BCUT2D eigenvalue weighted by atomic mass is 10.1. The van der Waals surface area contributed by atoms with E-state index in [1.807, 2.05) is 12.1 Å². The fourth-order valence-electron chi connectivity index (χ4n) is 2.23. The minimum absolute atomic E-state index is 0.115. The van der Waals surface area contributed by atoms with Gasteiger partial charge in [-0.3, -0.25) is 0 Å². The summed E-state index contributed by atoms with van der Waals surface area (Å²) in [6.45, 7) is 2.23. The summed E-state index contributed by atoms with van der Waals surface area (Å²) in [6.07, 6.45) is 3.44. The molecule has 0 heterocycles. The number of aliphatic hydroxyl groups is 1. The summed E-state index contributed by atoms with van der Waals surface area (Å²) in [6, 6.07) is 7.02. The van der Waals surface area contributed by atoms with Gasteiger partial charge in [0.05, 0.1) is 4.90 Å². The maximum Gasteiger partial charge on any atom is 0.240 e. The van der Waals surface area contributed by atoms with Gasteiger partial charge in [0.1, 0.15) is 0 Å². The van der Waals surface area contributed by atoms with Crippen molar-refractivity contribution in [2.24, 2.45) is 5.92 Å². The average molecular weight is 283 g/mol. The first-order chi connectivity index (χ1) is 9.06. The molecule has 0 saturated heterocycles. The molecule has 4 nitrogen and oxygen atoms in total. The summed E-state index contributed by atoms with van der Waals surface area (Å²) >= 11 is 0. The van der Waals surface area contributed by atoms with E-state index in [-0.39, 0.29) is 12.6 Å². The van der Waals surface area contributed by atoms with Gasteiger partial charge in [-0.2, -0.15) is 0 Å². The van der Waals surface area contributed by atoms with E-state index >= 15 is 0 Å². The average Bonchev–Trinajstić information content (AvgIpc) is 3.14. The Kier molecular flexibility index (Phi) is 4.60. The van der Waals surface area contributed by atoms with Crippen LogP contribution in [0.5, 0.6) is 0 Å². The van der Waals surface area contributed by atoms with Crippen LogP contribution in [0, 0.1) is 5.92 Å². The van der Waals surface area contributed by atoms with Gasteiger partial charge in [-0.25, -0.2) is 13.1 Å². The van der Waals surface area contributed by atoms with E-state index in [9.17, 15) is 8.42 Å². The summed E-state index contributed by atoms with van der Waals surface area (Å²) in [5, 5.41) is 8.76. The molecule has 1 saturated carbocycles. The Hall–Kier alpha value is -0.910. The minimum atomic E-state index is -3.38. The monoisotopic (exact) mass is 283 g/mol. The summed E-state index contributed by atoms with van der Waals surface area (Å²) in [7, 11) is -3.38. The molecule has 0 radical (unpaired) electrons. The van der Waals surface area contributed by atoms with Crippen molar-refractivity contribution in [1.29, 1.82) is 0 Å². The van der Waals surface area contributed by atoms with E-state index in [0.717, 1.165) is 24.8 Å². The van der Waals surface area contributed by atoms with E-state index in [1.54, 1.807) is 12.1 Å². The quantitative estimate of drug-likeness (QED) is 0.800. The molecule has 2 unspecified atom stereocenters. The van der Waals surface area contributed by atoms with Crippen molar-refractivity contribution in [3.63, 3.8) is 0 Å². The molecule has 1 aliphatic rings. The molecule has 106 valence electrons. The molecular weight excluding hydrogens is 262 g/mol. The van der Waals surface area contributed by atoms with E-state index in [2.05, 4.69) is 11.6 Å². The van der Waals surface area contributed by atoms with Gasteiger partial charge in [0.15, 0.2) is 0 Å². The van der Waals surface area contributed by atoms with Crippen LogP contribution in [0.1, 0.15) is 31.7 Å². The van der Waals surface area contributed by atoms with Crippen molar-refractivity contribution >= 4 is 10.0 Å². The highest BCUT2D eigenvalue weighted by atomic mass is 32.2. The van der Waals surface area contributed by atoms with Gasteiger partial charge in [0.25, 0.3) is 0 Å². The second-order valence-electron chi connectivity index (χ2n) is 5.10. The third kappa shape index (κ3) is 3.78. The molecule has 2 N–H and O–H groups in total. The maximum atomic E-state index is 12.1. The summed E-state index contributed by atoms with van der Waals surface area (Å²) in [5.74, 6) is 0.499. The Morgan fingerprint density at radius 3 is 2.53 bits per heavy atom. The predicted molar refractivity (Wildman–Crippen MR) is 74.4 cm³/mol. The summed E-state index contributed by atoms with van der Waals surface area (Å²) in [5.41, 5.74) is 1.05. The number of aryl methyl sites for hydroxylation is 1. The molecule has 1 aliphatic carbocycles. The molecule has 5 heteroatoms. The normalized spacial score (nSPS) is 22.4. The van der Waals surface area contributed by atoms with Crippen molar-refractivity contribution < 1.29 is 13.5 Å². The van der Waals surface area contributed by atoms with E-state index in [4.69, 9.17) is 5.11 Å². The second-order valence-corrected chi connectivity index (χ2v) is 6.82. The lowest BCUT2D eigenvalue weighted by Crippen LogP contribution is -2.27. The van der Waals surface area contributed by atoms with Crippen molar-refractivity contribution in [3.05, 3.63) is 29.8 Å². The Morgan fingerprint density at radius 1 is 1.32 bits per heavy atom. The molecule has 0 aliphatic heterocycles. The van der Waals surface area contributed by atoms with Crippen LogP contribution in [0.3, 0.4) is 0 Å². The highest BCUT2D eigenvalue weighted by Crippen LogP contribution is 2.34. The van der Waals surface area contributed by atoms with Gasteiger partial charge in [0, 0.05) is 12.6 Å². The first-order valence-corrected chi connectivity index (χ1v) is 8.27. The Labute approximate surface area is 114 Å². The smallest absolute Gasteiger partial charge is 0.240 e. The van der Waals surface area contributed by atoms with Gasteiger partial charge in [0.2, 0.25) is 10.0 Å². The summed E-state index contributed by atoms with van der Waals surface area (Å²) < 4.78 is 27.0. The maximum absolute atomic E-state index is 12.1. The fourth-order valence-corrected chi connectivity index (χ4v) is 3.55. The van der Waals surface area contributed by atoms with Crippen molar-refractivity contribution in [2.75, 3.05) is 6.61 Å². The zero-order valence-electron chi connectivity index (χ0n) is 11.2. The van der Waals surface area contributed by atoms with Crippen LogP contribution in [-0.2, 0) is 16.4 Å². The first-order valence-electron chi connectivity index (χ1n) is 6.79. The third-order valence-corrected chi connectivity index (χ3v) is 5.12. The molecule has 1 fully saturated rings. The molecule has 0 amide bonds. The number of benzene rings is 1. The van der Waals surface area contributed by atoms with Crippen LogP contribution in [-0.4, -0.2) is 26.2 Å². The summed E-state index contributed by atoms with van der Waals surface area (Å²) in [4.78, 5) is 0.321. The predicted octanol–water partition coefficient (Wildman–Crippen LogP) is 1.69. The standard InChI is InChI=1S/C14H21NO3S/c1-2-12-10-14(12)15-19(17,18)13-7-5-11(6-8-13)4-3-9-16/h5-8,12,14-16H,2-4,9-10H2,1H3. The SMILES string of the molecule is CCC1CC1NS(=O)(=O)c1ccc(CCCO)cc1. The van der Waals surface area contributed by atoms with Gasteiger partial charge >= 0.3 is 0 Å². The van der Waals surface area contributed by atoms with Crippen LogP contribution in [0.15, 0.2) is 29.2 Å². The topological polar surface area (TPSA) is 66.4 Å². The Balaban J connectivity index is 2.00.